The molecule has 1 unspecified atom stereocenters. The van der Waals surface area contributed by atoms with Gasteiger partial charge in [-0.15, -0.1) is 0 Å². The predicted octanol–water partition coefficient (Wildman–Crippen LogP) is 4.27. The van der Waals surface area contributed by atoms with E-state index in [0.29, 0.717) is 17.0 Å². The first-order valence-corrected chi connectivity index (χ1v) is 11.8. The van der Waals surface area contributed by atoms with Gasteiger partial charge in [-0.2, -0.15) is 0 Å². The summed E-state index contributed by atoms with van der Waals surface area (Å²) in [5.74, 6) is 0.228. The summed E-state index contributed by atoms with van der Waals surface area (Å²) in [4.78, 5) is 12.7. The zero-order chi connectivity index (χ0) is 23.1. The second-order valence-corrected chi connectivity index (χ2v) is 9.54. The molecule has 6 nitrogen and oxygen atoms in total. The number of amides is 1. The fraction of sp³-hybridized carbons (Fsp3) is 0.240. The summed E-state index contributed by atoms with van der Waals surface area (Å²) in [6.07, 6.45) is 1.68. The van der Waals surface area contributed by atoms with Crippen LogP contribution in [0.5, 0.6) is 5.75 Å². The Labute approximate surface area is 189 Å². The molecule has 7 heteroatoms. The number of hydrogen-bond donors (Lipinski definition) is 1. The van der Waals surface area contributed by atoms with E-state index in [1.54, 1.807) is 24.3 Å². The highest BCUT2D eigenvalue weighted by Gasteiger charge is 2.24. The second-order valence-electron chi connectivity index (χ2n) is 7.57. The Bertz CT molecular complexity index is 1150. The molecule has 0 spiro atoms. The monoisotopic (exact) mass is 452 g/mol. The average molecular weight is 453 g/mol. The number of ether oxygens (including phenoxy) is 1. The fourth-order valence-electron chi connectivity index (χ4n) is 3.36. The van der Waals surface area contributed by atoms with Crippen LogP contribution in [-0.2, 0) is 16.4 Å². The summed E-state index contributed by atoms with van der Waals surface area (Å²) in [5.41, 5.74) is 2.07. The average Bonchev–Trinajstić information content (AvgIpc) is 2.83. The lowest BCUT2D eigenvalue weighted by atomic mass is 10.1. The topological polar surface area (TPSA) is 75.7 Å². The van der Waals surface area contributed by atoms with Crippen molar-refractivity contribution in [3.8, 4) is 5.75 Å². The fourth-order valence-corrected chi connectivity index (χ4v) is 4.57. The highest BCUT2D eigenvalue weighted by molar-refractivity contribution is 7.92. The maximum Gasteiger partial charge on any atom is 0.264 e. The number of anilines is 1. The van der Waals surface area contributed by atoms with Crippen molar-refractivity contribution in [2.75, 3.05) is 18.5 Å². The van der Waals surface area contributed by atoms with Crippen molar-refractivity contribution in [2.45, 2.75) is 30.7 Å². The van der Waals surface area contributed by atoms with Crippen LogP contribution >= 0.6 is 0 Å². The maximum atomic E-state index is 13.0. The summed E-state index contributed by atoms with van der Waals surface area (Å²) in [7, 11) is -0.840. The molecule has 0 radical (unpaired) electrons. The number of carbonyl (C=O) groups excluding carboxylic acids is 1. The quantitative estimate of drug-likeness (QED) is 0.526. The third-order valence-corrected chi connectivity index (χ3v) is 7.07. The van der Waals surface area contributed by atoms with Crippen LogP contribution in [0.2, 0.25) is 0 Å². The molecule has 0 aliphatic heterocycles. The number of methoxy groups -OCH3 is 1. The van der Waals surface area contributed by atoms with Gasteiger partial charge < -0.3 is 10.1 Å². The van der Waals surface area contributed by atoms with Gasteiger partial charge in [-0.1, -0.05) is 42.5 Å². The van der Waals surface area contributed by atoms with E-state index in [1.165, 1.54) is 48.3 Å². The van der Waals surface area contributed by atoms with Crippen LogP contribution in [-0.4, -0.2) is 34.5 Å². The van der Waals surface area contributed by atoms with Crippen LogP contribution in [0.1, 0.15) is 29.3 Å². The lowest BCUT2D eigenvalue weighted by Crippen LogP contribution is -2.33. The molecule has 0 saturated heterocycles. The van der Waals surface area contributed by atoms with Gasteiger partial charge in [-0.25, -0.2) is 8.42 Å². The molecule has 1 amide bonds. The van der Waals surface area contributed by atoms with E-state index in [0.717, 1.165) is 12.8 Å². The molecule has 168 valence electrons. The normalized spacial score (nSPS) is 12.1. The molecule has 3 rings (SSSR count). The highest BCUT2D eigenvalue weighted by Crippen LogP contribution is 2.30. The van der Waals surface area contributed by atoms with E-state index in [2.05, 4.69) is 17.4 Å². The molecule has 0 aromatic heterocycles. The van der Waals surface area contributed by atoms with E-state index in [1.807, 2.05) is 25.1 Å². The molecule has 32 heavy (non-hydrogen) atoms. The van der Waals surface area contributed by atoms with Crippen molar-refractivity contribution < 1.29 is 17.9 Å². The van der Waals surface area contributed by atoms with E-state index < -0.39 is 10.0 Å². The third-order valence-electron chi connectivity index (χ3n) is 5.29. The predicted molar refractivity (Wildman–Crippen MR) is 127 cm³/mol. The van der Waals surface area contributed by atoms with Crippen LogP contribution in [0.25, 0.3) is 0 Å². The largest absolute Gasteiger partial charge is 0.495 e. The zero-order valence-corrected chi connectivity index (χ0v) is 19.3. The standard InChI is InChI=1S/C25H28N2O4S/c1-19(13-14-20-9-5-4-6-10-20)26-25(28)21-15-17-22(18-16-21)32(29,30)27(2)23-11-7-8-12-24(23)31-3/h4-12,15-19H,13-14H2,1-3H3,(H,26,28). The second kappa shape index (κ2) is 10.3. The van der Waals surface area contributed by atoms with E-state index in [9.17, 15) is 13.2 Å². The van der Waals surface area contributed by atoms with E-state index in [-0.39, 0.29) is 16.8 Å². The first kappa shape index (κ1) is 23.3. The first-order valence-electron chi connectivity index (χ1n) is 10.4. The molecule has 0 saturated carbocycles. The minimum atomic E-state index is -3.81. The third kappa shape index (κ3) is 5.48. The van der Waals surface area contributed by atoms with Crippen LogP contribution in [0.4, 0.5) is 5.69 Å². The van der Waals surface area contributed by atoms with Gasteiger partial charge in [0.05, 0.1) is 17.7 Å². The minimum Gasteiger partial charge on any atom is -0.495 e. The molecule has 0 aliphatic rings. The molecular formula is C25H28N2O4S. The van der Waals surface area contributed by atoms with Gasteiger partial charge in [0.25, 0.3) is 15.9 Å². The lowest BCUT2D eigenvalue weighted by molar-refractivity contribution is 0.0938. The number of carbonyl (C=O) groups is 1. The molecule has 1 N–H and O–H groups in total. The van der Waals surface area contributed by atoms with Crippen LogP contribution in [0.3, 0.4) is 0 Å². The number of para-hydroxylation sites is 2. The maximum absolute atomic E-state index is 13.0. The van der Waals surface area contributed by atoms with Gasteiger partial charge in [0, 0.05) is 18.7 Å². The van der Waals surface area contributed by atoms with Crippen molar-refractivity contribution >= 4 is 21.6 Å². The van der Waals surface area contributed by atoms with Crippen molar-refractivity contribution in [3.63, 3.8) is 0 Å². The molecule has 0 fully saturated rings. The van der Waals surface area contributed by atoms with Gasteiger partial charge in [-0.3, -0.25) is 9.10 Å². The Hall–Kier alpha value is -3.32. The number of benzene rings is 3. The number of nitrogens with one attached hydrogen (secondary N) is 1. The van der Waals surface area contributed by atoms with Crippen molar-refractivity contribution in [1.82, 2.24) is 5.32 Å². The van der Waals surface area contributed by atoms with Gasteiger partial charge in [-0.05, 0) is 61.7 Å². The zero-order valence-electron chi connectivity index (χ0n) is 18.5. The lowest BCUT2D eigenvalue weighted by Gasteiger charge is -2.21. The van der Waals surface area contributed by atoms with Crippen LogP contribution in [0.15, 0.2) is 83.8 Å². The molecule has 0 bridgehead atoms. The molecule has 1 atom stereocenters. The van der Waals surface area contributed by atoms with Gasteiger partial charge in [0.1, 0.15) is 5.75 Å². The number of hydrogen-bond acceptors (Lipinski definition) is 4. The Morgan fingerprint density at radius 3 is 2.25 bits per heavy atom. The minimum absolute atomic E-state index is 0.0113. The summed E-state index contributed by atoms with van der Waals surface area (Å²) < 4.78 is 32.5. The SMILES string of the molecule is COc1ccccc1N(C)S(=O)(=O)c1ccc(C(=O)NC(C)CCc2ccccc2)cc1. The van der Waals surface area contributed by atoms with Crippen molar-refractivity contribution in [1.29, 1.82) is 0 Å². The Kier molecular flexibility index (Phi) is 7.53. The summed E-state index contributed by atoms with van der Waals surface area (Å²) in [6, 6.07) is 23.0. The Balaban J connectivity index is 1.66. The molecule has 0 aliphatic carbocycles. The summed E-state index contributed by atoms with van der Waals surface area (Å²) >= 11 is 0. The molecule has 0 heterocycles. The van der Waals surface area contributed by atoms with Crippen LogP contribution in [0, 0.1) is 0 Å². The smallest absolute Gasteiger partial charge is 0.264 e. The van der Waals surface area contributed by atoms with E-state index in [4.69, 9.17) is 4.74 Å². The first-order chi connectivity index (χ1) is 15.3. The van der Waals surface area contributed by atoms with Crippen LogP contribution < -0.4 is 14.4 Å². The molecule has 3 aromatic rings. The van der Waals surface area contributed by atoms with Gasteiger partial charge in [0.15, 0.2) is 0 Å². The van der Waals surface area contributed by atoms with Gasteiger partial charge >= 0.3 is 0 Å². The molecule has 3 aromatic carbocycles. The van der Waals surface area contributed by atoms with Crippen molar-refractivity contribution in [3.05, 3.63) is 90.0 Å². The molecular weight excluding hydrogens is 424 g/mol. The Morgan fingerprint density at radius 1 is 0.969 bits per heavy atom. The Morgan fingerprint density at radius 2 is 1.59 bits per heavy atom. The van der Waals surface area contributed by atoms with Gasteiger partial charge in [0.2, 0.25) is 0 Å². The summed E-state index contributed by atoms with van der Waals surface area (Å²) in [5, 5.41) is 2.97. The van der Waals surface area contributed by atoms with Crippen molar-refractivity contribution in [2.24, 2.45) is 0 Å². The number of nitrogens with zero attached hydrogens (tertiary/aromatic N) is 1. The number of sulfonamides is 1. The van der Waals surface area contributed by atoms with E-state index >= 15 is 0 Å². The number of aryl methyl sites for hydroxylation is 1. The number of rotatable bonds is 9. The highest BCUT2D eigenvalue weighted by atomic mass is 32.2. The summed E-state index contributed by atoms with van der Waals surface area (Å²) in [6.45, 7) is 1.96.